The number of amides is 2. The minimum Gasteiger partial charge on any atom is -0.490 e. The van der Waals surface area contributed by atoms with Gasteiger partial charge in [-0.1, -0.05) is 36.7 Å². The average Bonchev–Trinajstić information content (AvgIpc) is 3.82. The molecule has 1 spiro atoms. The number of hydrogen-bond acceptors (Lipinski definition) is 7. The van der Waals surface area contributed by atoms with Crippen molar-refractivity contribution in [3.05, 3.63) is 88.2 Å². The van der Waals surface area contributed by atoms with Gasteiger partial charge in [0.1, 0.15) is 15.7 Å². The van der Waals surface area contributed by atoms with Crippen molar-refractivity contribution >= 4 is 39.0 Å². The van der Waals surface area contributed by atoms with Crippen LogP contribution in [0, 0.1) is 23.7 Å². The lowest BCUT2D eigenvalue weighted by Crippen LogP contribution is -2.49. The molecule has 1 aromatic heterocycles. The zero-order chi connectivity index (χ0) is 36.0. The second kappa shape index (κ2) is 14.3. The molecule has 6 atom stereocenters. The number of carbonyl (C=O) groups excluding carboxylic acids is 2. The standard InChI is InChI=1S/C40H48ClN5O5S/c1-26-5-3-7-36(50-2)33-13-10-30(33)21-45-24-40(16-4-6-28-17-32(41)12-14-34(28)40)25-51-37-15-11-29(18-35(37)45)38(47)43-52(49,23-26)44-39(48)31-19-42-46(22-31)20-27-8-9-27/h3,7,11-12,14-15,17-19,22,26-27,30,33,36H,4-6,8-10,13,16,20-21,23-25H2,1-2H3,(H,43,44,47,48,49)/b7-3+/t26-,30-,33+,36-,40-,52-/m0/s1. The number of methoxy groups -OCH3 is 1. The van der Waals surface area contributed by atoms with Gasteiger partial charge in [-0.2, -0.15) is 5.10 Å². The minimum absolute atomic E-state index is 0.0147. The molecule has 2 aromatic carbocycles. The van der Waals surface area contributed by atoms with Crippen molar-refractivity contribution in [3.63, 3.8) is 0 Å². The molecule has 276 valence electrons. The normalized spacial score (nSPS) is 30.9. The molecule has 5 aliphatic rings. The smallest absolute Gasteiger partial charge is 0.286 e. The first-order chi connectivity index (χ1) is 25.1. The van der Waals surface area contributed by atoms with E-state index in [4.69, 9.17) is 21.1 Å². The summed E-state index contributed by atoms with van der Waals surface area (Å²) in [6.07, 6.45) is 15.4. The number of carbonyl (C=O) groups is 2. The Hall–Kier alpha value is -3.67. The van der Waals surface area contributed by atoms with E-state index in [0.717, 1.165) is 75.3 Å². The van der Waals surface area contributed by atoms with Crippen LogP contribution in [-0.2, 0) is 33.0 Å². The summed E-state index contributed by atoms with van der Waals surface area (Å²) in [6, 6.07) is 11.6. The Morgan fingerprint density at radius 2 is 2.04 bits per heavy atom. The van der Waals surface area contributed by atoms with E-state index in [-0.39, 0.29) is 23.2 Å². The first kappa shape index (κ1) is 35.4. The molecular weight excluding hydrogens is 698 g/mol. The number of hydrogen-bond donors (Lipinski definition) is 1. The van der Waals surface area contributed by atoms with Crippen molar-refractivity contribution < 1.29 is 23.3 Å². The van der Waals surface area contributed by atoms with Gasteiger partial charge in [-0.15, -0.1) is 4.36 Å². The number of nitrogens with one attached hydrogen (secondary N) is 1. The predicted molar refractivity (Wildman–Crippen MR) is 202 cm³/mol. The highest BCUT2D eigenvalue weighted by molar-refractivity contribution is 7.92. The molecule has 0 unspecified atom stereocenters. The van der Waals surface area contributed by atoms with Crippen molar-refractivity contribution in [3.8, 4) is 5.75 Å². The number of anilines is 1. The quantitative estimate of drug-likeness (QED) is 0.280. The Morgan fingerprint density at radius 3 is 2.83 bits per heavy atom. The fraction of sp³-hybridized carbons (Fsp3) is 0.525. The highest BCUT2D eigenvalue weighted by Crippen LogP contribution is 2.47. The molecule has 2 bridgehead atoms. The number of halogens is 1. The number of aryl methyl sites for hydroxylation is 1. The summed E-state index contributed by atoms with van der Waals surface area (Å²) in [6.45, 7) is 4.73. The molecule has 2 fully saturated rings. The van der Waals surface area contributed by atoms with Crippen LogP contribution in [0.3, 0.4) is 0 Å². The number of fused-ring (bicyclic) bond motifs is 4. The summed E-state index contributed by atoms with van der Waals surface area (Å²) in [7, 11) is -1.75. The van der Waals surface area contributed by atoms with E-state index in [9.17, 15) is 13.8 Å². The zero-order valence-corrected chi connectivity index (χ0v) is 31.5. The molecule has 1 N–H and O–H groups in total. The highest BCUT2D eigenvalue weighted by atomic mass is 35.5. The molecule has 12 heteroatoms. The second-order valence-electron chi connectivity index (χ2n) is 15.8. The molecule has 3 aromatic rings. The molecule has 2 saturated carbocycles. The van der Waals surface area contributed by atoms with Gasteiger partial charge >= 0.3 is 0 Å². The summed E-state index contributed by atoms with van der Waals surface area (Å²) in [5.74, 6) is 0.710. The lowest BCUT2D eigenvalue weighted by molar-refractivity contribution is 0.0131. The van der Waals surface area contributed by atoms with Crippen LogP contribution in [0.2, 0.25) is 5.02 Å². The lowest BCUT2D eigenvalue weighted by Gasteiger charge is -2.46. The summed E-state index contributed by atoms with van der Waals surface area (Å²) in [5.41, 5.74) is 3.71. The maximum Gasteiger partial charge on any atom is 0.286 e. The van der Waals surface area contributed by atoms with Crippen molar-refractivity contribution in [2.45, 2.75) is 76.4 Å². The molecule has 3 aliphatic carbocycles. The second-order valence-corrected chi connectivity index (χ2v) is 18.2. The van der Waals surface area contributed by atoms with Gasteiger partial charge in [0, 0.05) is 48.9 Å². The lowest BCUT2D eigenvalue weighted by atomic mass is 9.68. The minimum atomic E-state index is -3.52. The van der Waals surface area contributed by atoms with Crippen LogP contribution in [-0.4, -0.2) is 64.5 Å². The Morgan fingerprint density at radius 1 is 1.17 bits per heavy atom. The van der Waals surface area contributed by atoms with Crippen molar-refractivity contribution in [2.75, 3.05) is 37.5 Å². The van der Waals surface area contributed by atoms with Gasteiger partial charge < -0.3 is 14.4 Å². The Balaban J connectivity index is 1.17. The fourth-order valence-corrected chi connectivity index (χ4v) is 10.8. The molecule has 2 aliphatic heterocycles. The van der Waals surface area contributed by atoms with Crippen LogP contribution in [0.25, 0.3) is 0 Å². The van der Waals surface area contributed by atoms with Gasteiger partial charge in [-0.25, -0.2) is 4.21 Å². The van der Waals surface area contributed by atoms with Crippen LogP contribution in [0.1, 0.15) is 83.7 Å². The summed E-state index contributed by atoms with van der Waals surface area (Å²) < 4.78 is 36.1. The number of rotatable bonds is 5. The monoisotopic (exact) mass is 745 g/mol. The number of ether oxygens (including phenoxy) is 2. The van der Waals surface area contributed by atoms with Crippen molar-refractivity contribution in [1.29, 1.82) is 0 Å². The van der Waals surface area contributed by atoms with Gasteiger partial charge in [0.15, 0.2) is 0 Å². The van der Waals surface area contributed by atoms with Gasteiger partial charge in [0.05, 0.1) is 35.9 Å². The van der Waals surface area contributed by atoms with E-state index in [1.54, 1.807) is 24.1 Å². The molecule has 0 radical (unpaired) electrons. The SMILES string of the molecule is CO[C@H]1/C=C/C[C@H](C)C[S@@](=O)(NC(=O)c2cnn(CC3CC3)c2)=NC(=O)c2ccc3c(c2)N(C[C@@H]2CC[C@H]21)C[C@@]1(CCCc2cc(Cl)ccc21)CO3. The van der Waals surface area contributed by atoms with E-state index in [2.05, 4.69) is 43.4 Å². The van der Waals surface area contributed by atoms with Crippen LogP contribution in [0.4, 0.5) is 5.69 Å². The zero-order valence-electron chi connectivity index (χ0n) is 30.0. The third-order valence-electron chi connectivity index (χ3n) is 11.8. The number of benzene rings is 2. The van der Waals surface area contributed by atoms with Gasteiger partial charge in [0.25, 0.3) is 11.8 Å². The summed E-state index contributed by atoms with van der Waals surface area (Å²) in [4.78, 5) is 29.9. The first-order valence-corrected chi connectivity index (χ1v) is 20.8. The van der Waals surface area contributed by atoms with Crippen LogP contribution < -0.4 is 14.4 Å². The van der Waals surface area contributed by atoms with Crippen LogP contribution in [0.15, 0.2) is 65.3 Å². The van der Waals surface area contributed by atoms with Gasteiger partial charge in [0.2, 0.25) is 0 Å². The average molecular weight is 746 g/mol. The predicted octanol–water partition coefficient (Wildman–Crippen LogP) is 7.01. The van der Waals surface area contributed by atoms with Crippen molar-refractivity contribution in [1.82, 2.24) is 14.5 Å². The molecule has 10 nitrogen and oxygen atoms in total. The van der Waals surface area contributed by atoms with Gasteiger partial charge in [-0.3, -0.25) is 19.0 Å². The first-order valence-electron chi connectivity index (χ1n) is 18.7. The highest BCUT2D eigenvalue weighted by Gasteiger charge is 2.44. The number of allylic oxidation sites excluding steroid dienone is 1. The van der Waals surface area contributed by atoms with E-state index >= 15 is 0 Å². The number of aromatic nitrogens is 2. The third kappa shape index (κ3) is 7.28. The Kier molecular flexibility index (Phi) is 9.72. The van der Waals surface area contributed by atoms with E-state index in [0.29, 0.717) is 47.7 Å². The van der Waals surface area contributed by atoms with Gasteiger partial charge in [-0.05, 0) is 116 Å². The molecular formula is C40H48ClN5O5S. The summed E-state index contributed by atoms with van der Waals surface area (Å²) in [5, 5.41) is 5.08. The largest absolute Gasteiger partial charge is 0.490 e. The van der Waals surface area contributed by atoms with E-state index in [1.165, 1.54) is 17.3 Å². The van der Waals surface area contributed by atoms with Crippen LogP contribution in [0.5, 0.6) is 5.75 Å². The maximum atomic E-state index is 14.6. The third-order valence-corrected chi connectivity index (χ3v) is 14.0. The van der Waals surface area contributed by atoms with E-state index < -0.39 is 21.7 Å². The molecule has 3 heterocycles. The molecule has 0 saturated heterocycles. The van der Waals surface area contributed by atoms with E-state index in [1.807, 2.05) is 25.1 Å². The Bertz CT molecular complexity index is 2020. The Labute approximate surface area is 311 Å². The number of nitrogens with zero attached hydrogens (tertiary/aromatic N) is 4. The van der Waals surface area contributed by atoms with Crippen LogP contribution >= 0.6 is 11.6 Å². The topological polar surface area (TPSA) is 115 Å². The fourth-order valence-electron chi connectivity index (χ4n) is 8.72. The molecule has 8 rings (SSSR count). The van der Waals surface area contributed by atoms with Crippen molar-refractivity contribution in [2.24, 2.45) is 28.0 Å². The summed E-state index contributed by atoms with van der Waals surface area (Å²) >= 11 is 6.46. The molecule has 52 heavy (non-hydrogen) atoms. The molecule has 2 amide bonds. The maximum absolute atomic E-state index is 14.6.